The van der Waals surface area contributed by atoms with Gasteiger partial charge in [-0.1, -0.05) is 6.92 Å². The van der Waals surface area contributed by atoms with E-state index in [0.717, 1.165) is 32.4 Å². The summed E-state index contributed by atoms with van der Waals surface area (Å²) in [5.74, 6) is -0.0701. The predicted molar refractivity (Wildman–Crippen MR) is 61.6 cm³/mol. The Balaban J connectivity index is 2.47. The maximum absolute atomic E-state index is 11.4. The quantitative estimate of drug-likeness (QED) is 0.693. The molecule has 1 atom stereocenters. The lowest BCUT2D eigenvalue weighted by atomic mass is 9.94. The van der Waals surface area contributed by atoms with Crippen LogP contribution in [0.2, 0.25) is 0 Å². The summed E-state index contributed by atoms with van der Waals surface area (Å²) in [6.45, 7) is 3.51. The average molecular weight is 227 g/mol. The molecule has 1 fully saturated rings. The first-order valence-corrected chi connectivity index (χ1v) is 5.85. The van der Waals surface area contributed by atoms with E-state index in [1.165, 1.54) is 0 Å². The van der Waals surface area contributed by atoms with Crippen LogP contribution < -0.4 is 11.1 Å². The van der Waals surface area contributed by atoms with E-state index in [2.05, 4.69) is 10.2 Å². The van der Waals surface area contributed by atoms with Crippen LogP contribution in [0, 0.1) is 5.92 Å². The van der Waals surface area contributed by atoms with E-state index in [1.54, 1.807) is 7.05 Å². The number of primary amides is 1. The molecule has 16 heavy (non-hydrogen) atoms. The number of amides is 2. The Morgan fingerprint density at radius 3 is 2.38 bits per heavy atom. The van der Waals surface area contributed by atoms with Crippen LogP contribution in [-0.2, 0) is 9.59 Å². The number of nitrogens with zero attached hydrogens (tertiary/aromatic N) is 1. The minimum Gasteiger partial charge on any atom is -0.368 e. The highest BCUT2D eigenvalue weighted by molar-refractivity contribution is 5.80. The molecular weight excluding hydrogens is 206 g/mol. The van der Waals surface area contributed by atoms with Crippen LogP contribution in [0.15, 0.2) is 0 Å². The maximum atomic E-state index is 11.4. The van der Waals surface area contributed by atoms with E-state index in [1.807, 2.05) is 6.92 Å². The molecule has 5 nitrogen and oxygen atoms in total. The smallest absolute Gasteiger partial charge is 0.234 e. The number of likely N-dealkylation sites (tertiary alicyclic amines) is 1. The molecule has 1 rings (SSSR count). The molecule has 3 N–H and O–H groups in total. The molecule has 0 aromatic heterocycles. The molecule has 1 unspecified atom stereocenters. The lowest BCUT2D eigenvalue weighted by Crippen LogP contribution is -2.49. The topological polar surface area (TPSA) is 75.4 Å². The third-order valence-corrected chi connectivity index (χ3v) is 3.30. The van der Waals surface area contributed by atoms with Gasteiger partial charge in [0, 0.05) is 13.0 Å². The number of rotatable bonds is 4. The van der Waals surface area contributed by atoms with E-state index in [0.29, 0.717) is 0 Å². The van der Waals surface area contributed by atoms with Crippen LogP contribution in [0.25, 0.3) is 0 Å². The summed E-state index contributed by atoms with van der Waals surface area (Å²) in [7, 11) is 1.66. The summed E-state index contributed by atoms with van der Waals surface area (Å²) in [5, 5.41) is 2.67. The van der Waals surface area contributed by atoms with Crippen molar-refractivity contribution in [3.8, 4) is 0 Å². The van der Waals surface area contributed by atoms with Crippen LogP contribution in [0.4, 0.5) is 0 Å². The molecule has 0 aromatic rings. The zero-order valence-electron chi connectivity index (χ0n) is 10.0. The minimum atomic E-state index is -0.263. The van der Waals surface area contributed by atoms with Crippen molar-refractivity contribution < 1.29 is 9.59 Å². The van der Waals surface area contributed by atoms with Crippen molar-refractivity contribution in [3.63, 3.8) is 0 Å². The van der Waals surface area contributed by atoms with Gasteiger partial charge in [0.05, 0.1) is 6.04 Å². The van der Waals surface area contributed by atoms with E-state index in [9.17, 15) is 9.59 Å². The van der Waals surface area contributed by atoms with E-state index >= 15 is 0 Å². The number of hydrogen-bond donors (Lipinski definition) is 2. The Morgan fingerprint density at radius 1 is 1.44 bits per heavy atom. The van der Waals surface area contributed by atoms with Crippen LogP contribution in [0.3, 0.4) is 0 Å². The summed E-state index contributed by atoms with van der Waals surface area (Å²) in [5.41, 5.74) is 5.34. The number of hydrogen-bond acceptors (Lipinski definition) is 3. The van der Waals surface area contributed by atoms with Crippen molar-refractivity contribution in [3.05, 3.63) is 0 Å². The van der Waals surface area contributed by atoms with Crippen LogP contribution in [0.1, 0.15) is 26.2 Å². The minimum absolute atomic E-state index is 0.0895. The van der Waals surface area contributed by atoms with Gasteiger partial charge in [-0.15, -0.1) is 0 Å². The van der Waals surface area contributed by atoms with Gasteiger partial charge in [0.1, 0.15) is 0 Å². The molecule has 5 heteroatoms. The number of carbonyl (C=O) groups is 2. The predicted octanol–water partition coefficient (Wildman–Crippen LogP) is -0.292. The van der Waals surface area contributed by atoms with Gasteiger partial charge in [-0.2, -0.15) is 0 Å². The molecule has 0 bridgehead atoms. The zero-order chi connectivity index (χ0) is 12.1. The fourth-order valence-electron chi connectivity index (χ4n) is 2.32. The molecule has 1 aliphatic heterocycles. The Morgan fingerprint density at radius 2 is 2.00 bits per heavy atom. The first-order valence-electron chi connectivity index (χ1n) is 5.85. The third kappa shape index (κ3) is 2.95. The number of carbonyl (C=O) groups excluding carboxylic acids is 2. The summed E-state index contributed by atoms with van der Waals surface area (Å²) in [6.07, 6.45) is 2.35. The van der Waals surface area contributed by atoms with Crippen molar-refractivity contribution in [2.45, 2.75) is 32.2 Å². The summed E-state index contributed by atoms with van der Waals surface area (Å²) in [6, 6.07) is -0.175. The number of nitrogens with one attached hydrogen (secondary N) is 1. The summed E-state index contributed by atoms with van der Waals surface area (Å²) >= 11 is 0. The van der Waals surface area contributed by atoms with E-state index in [4.69, 9.17) is 5.73 Å². The first kappa shape index (κ1) is 13.0. The fraction of sp³-hybridized carbons (Fsp3) is 0.818. The highest BCUT2D eigenvalue weighted by Crippen LogP contribution is 2.19. The molecule has 0 aromatic carbocycles. The monoisotopic (exact) mass is 227 g/mol. The average Bonchev–Trinajstić information content (AvgIpc) is 2.29. The second-order valence-corrected chi connectivity index (χ2v) is 4.25. The highest BCUT2D eigenvalue weighted by Gasteiger charge is 2.29. The molecule has 0 saturated carbocycles. The molecule has 1 aliphatic rings. The van der Waals surface area contributed by atoms with Gasteiger partial charge >= 0.3 is 0 Å². The molecule has 0 radical (unpaired) electrons. The molecule has 2 amide bonds. The molecule has 92 valence electrons. The van der Waals surface area contributed by atoms with Gasteiger partial charge in [-0.25, -0.2) is 0 Å². The van der Waals surface area contributed by atoms with Crippen molar-refractivity contribution in [2.24, 2.45) is 11.7 Å². The van der Waals surface area contributed by atoms with Crippen LogP contribution in [0.5, 0.6) is 0 Å². The van der Waals surface area contributed by atoms with Gasteiger partial charge in [0.2, 0.25) is 11.8 Å². The summed E-state index contributed by atoms with van der Waals surface area (Å²) < 4.78 is 0. The Bertz CT molecular complexity index is 260. The Kier molecular flexibility index (Phi) is 4.73. The lowest BCUT2D eigenvalue weighted by Gasteiger charge is -2.35. The third-order valence-electron chi connectivity index (χ3n) is 3.30. The van der Waals surface area contributed by atoms with Crippen molar-refractivity contribution in [1.29, 1.82) is 0 Å². The summed E-state index contributed by atoms with van der Waals surface area (Å²) in [4.78, 5) is 24.7. The second kappa shape index (κ2) is 5.84. The first-order chi connectivity index (χ1) is 7.60. The molecule has 1 heterocycles. The molecule has 0 spiro atoms. The highest BCUT2D eigenvalue weighted by atomic mass is 16.2. The molecular formula is C11H21N3O2. The lowest BCUT2D eigenvalue weighted by molar-refractivity contribution is -0.127. The van der Waals surface area contributed by atoms with Crippen LogP contribution in [-0.4, -0.2) is 42.9 Å². The van der Waals surface area contributed by atoms with Gasteiger partial charge < -0.3 is 11.1 Å². The maximum Gasteiger partial charge on any atom is 0.234 e. The van der Waals surface area contributed by atoms with Crippen molar-refractivity contribution in [1.82, 2.24) is 10.2 Å². The Hall–Kier alpha value is -1.10. The SMILES string of the molecule is CCC(C(N)=O)N1CCC(C(=O)NC)CC1. The Labute approximate surface area is 96.4 Å². The van der Waals surface area contributed by atoms with E-state index in [-0.39, 0.29) is 23.8 Å². The second-order valence-electron chi connectivity index (χ2n) is 4.25. The van der Waals surface area contributed by atoms with Crippen molar-refractivity contribution >= 4 is 11.8 Å². The number of piperidine rings is 1. The van der Waals surface area contributed by atoms with Crippen molar-refractivity contribution in [2.75, 3.05) is 20.1 Å². The van der Waals surface area contributed by atoms with E-state index < -0.39 is 0 Å². The van der Waals surface area contributed by atoms with Crippen LogP contribution >= 0.6 is 0 Å². The standard InChI is InChI=1S/C11H21N3O2/c1-3-9(10(12)15)14-6-4-8(5-7-14)11(16)13-2/h8-9H,3-7H2,1-2H3,(H2,12,15)(H,13,16). The zero-order valence-corrected chi connectivity index (χ0v) is 10.0. The number of nitrogens with two attached hydrogens (primary N) is 1. The molecule has 0 aliphatic carbocycles. The largest absolute Gasteiger partial charge is 0.368 e. The van der Waals surface area contributed by atoms with Gasteiger partial charge in [-0.05, 0) is 32.4 Å². The molecule has 1 saturated heterocycles. The van der Waals surface area contributed by atoms with Gasteiger partial charge in [-0.3, -0.25) is 14.5 Å². The normalized spacial score (nSPS) is 20.4. The van der Waals surface area contributed by atoms with Gasteiger partial charge in [0.25, 0.3) is 0 Å². The van der Waals surface area contributed by atoms with Gasteiger partial charge in [0.15, 0.2) is 0 Å². The fourth-order valence-corrected chi connectivity index (χ4v) is 2.32.